The zero-order chi connectivity index (χ0) is 16.9. The minimum Gasteiger partial charge on any atom is -0.341 e. The number of hydrogen-bond donors (Lipinski definition) is 1. The molecule has 0 spiro atoms. The van der Waals surface area contributed by atoms with Gasteiger partial charge in [0.2, 0.25) is 0 Å². The molecule has 3 rings (SSSR count). The molecule has 1 N–H and O–H groups in total. The lowest BCUT2D eigenvalue weighted by molar-refractivity contribution is 0.0942. The Balaban J connectivity index is 1.91. The molecule has 0 saturated carbocycles. The Morgan fingerprint density at radius 1 is 0.958 bits per heavy atom. The summed E-state index contributed by atoms with van der Waals surface area (Å²) in [6.07, 6.45) is 1.48. The first-order valence-corrected chi connectivity index (χ1v) is 8.05. The quantitative estimate of drug-likeness (QED) is 0.709. The summed E-state index contributed by atoms with van der Waals surface area (Å²) >= 11 is 5.79. The van der Waals surface area contributed by atoms with Crippen molar-refractivity contribution in [2.45, 2.75) is 13.0 Å². The van der Waals surface area contributed by atoms with Gasteiger partial charge in [0.15, 0.2) is 0 Å². The van der Waals surface area contributed by atoms with Gasteiger partial charge in [-0.15, -0.1) is 0 Å². The van der Waals surface area contributed by atoms with E-state index >= 15 is 0 Å². The van der Waals surface area contributed by atoms with E-state index in [4.69, 9.17) is 11.6 Å². The number of carbonyl (C=O) groups excluding carboxylic acids is 1. The van der Waals surface area contributed by atoms with Crippen LogP contribution in [0.1, 0.15) is 33.1 Å². The Hall–Kier alpha value is -2.65. The Morgan fingerprint density at radius 2 is 1.62 bits per heavy atom. The smallest absolute Gasteiger partial charge is 0.253 e. The third-order valence-corrected chi connectivity index (χ3v) is 4.03. The van der Waals surface area contributed by atoms with E-state index in [0.29, 0.717) is 10.7 Å². The van der Waals surface area contributed by atoms with Crippen LogP contribution in [0.2, 0.25) is 5.15 Å². The molecule has 0 aliphatic heterocycles. The summed E-state index contributed by atoms with van der Waals surface area (Å²) < 4.78 is 0. The lowest BCUT2D eigenvalue weighted by Gasteiger charge is -2.20. The highest BCUT2D eigenvalue weighted by Gasteiger charge is 2.17. The maximum atomic E-state index is 12.6. The first-order chi connectivity index (χ1) is 11.6. The van der Waals surface area contributed by atoms with Crippen LogP contribution in [0.3, 0.4) is 0 Å². The normalized spacial score (nSPS) is 11.8. The second kappa shape index (κ2) is 7.28. The molecule has 1 atom stereocenters. The molecule has 0 aliphatic carbocycles. The van der Waals surface area contributed by atoms with Crippen LogP contribution in [0.15, 0.2) is 72.9 Å². The van der Waals surface area contributed by atoms with Crippen LogP contribution < -0.4 is 5.32 Å². The number of nitrogens with one attached hydrogen (secondary N) is 1. The molecule has 0 unspecified atom stereocenters. The van der Waals surface area contributed by atoms with Crippen molar-refractivity contribution < 1.29 is 4.79 Å². The lowest BCUT2D eigenvalue weighted by Crippen LogP contribution is -2.29. The number of nitrogens with zero attached hydrogens (tertiary/aromatic N) is 1. The molecule has 1 amide bonds. The first kappa shape index (κ1) is 16.2. The zero-order valence-electron chi connectivity index (χ0n) is 13.2. The summed E-state index contributed by atoms with van der Waals surface area (Å²) in [6, 6.07) is 21.1. The molecule has 0 fully saturated rings. The number of aryl methyl sites for hydroxylation is 1. The summed E-state index contributed by atoms with van der Waals surface area (Å²) in [4.78, 5) is 16.6. The Morgan fingerprint density at radius 3 is 2.25 bits per heavy atom. The number of benzene rings is 2. The third-order valence-electron chi connectivity index (χ3n) is 3.81. The van der Waals surface area contributed by atoms with Gasteiger partial charge in [-0.25, -0.2) is 4.98 Å². The molecule has 4 heteroatoms. The topological polar surface area (TPSA) is 42.0 Å². The number of pyridine rings is 1. The SMILES string of the molecule is Cc1ccc([C@@H](NC(=O)c2ccc(Cl)nc2)c2ccccc2)cc1. The van der Waals surface area contributed by atoms with Crippen molar-refractivity contribution in [2.24, 2.45) is 0 Å². The standard InChI is InChI=1S/C20H17ClN2O/c1-14-7-9-16(10-8-14)19(15-5-3-2-4-6-15)23-20(24)17-11-12-18(21)22-13-17/h2-13,19H,1H3,(H,23,24)/t19-/m0/s1. The second-order valence-corrected chi connectivity index (χ2v) is 5.98. The fourth-order valence-electron chi connectivity index (χ4n) is 2.49. The predicted molar refractivity (Wildman–Crippen MR) is 96.2 cm³/mol. The predicted octanol–water partition coefficient (Wildman–Crippen LogP) is 4.56. The van der Waals surface area contributed by atoms with Gasteiger partial charge in [-0.3, -0.25) is 4.79 Å². The summed E-state index contributed by atoms with van der Waals surface area (Å²) in [5.74, 6) is -0.186. The number of rotatable bonds is 4. The van der Waals surface area contributed by atoms with E-state index in [1.807, 2.05) is 61.5 Å². The van der Waals surface area contributed by atoms with E-state index in [-0.39, 0.29) is 11.9 Å². The molecular formula is C20H17ClN2O. The molecular weight excluding hydrogens is 320 g/mol. The average Bonchev–Trinajstić information content (AvgIpc) is 2.62. The summed E-state index contributed by atoms with van der Waals surface area (Å²) in [5.41, 5.74) is 3.71. The van der Waals surface area contributed by atoms with Crippen LogP contribution in [-0.4, -0.2) is 10.9 Å². The summed E-state index contributed by atoms with van der Waals surface area (Å²) in [5, 5.41) is 3.45. The van der Waals surface area contributed by atoms with Gasteiger partial charge < -0.3 is 5.32 Å². The molecule has 120 valence electrons. The van der Waals surface area contributed by atoms with Gasteiger partial charge in [-0.05, 0) is 30.2 Å². The van der Waals surface area contributed by atoms with Gasteiger partial charge in [0.05, 0.1) is 11.6 Å². The van der Waals surface area contributed by atoms with Gasteiger partial charge in [0.1, 0.15) is 5.15 Å². The van der Waals surface area contributed by atoms with Gasteiger partial charge in [-0.2, -0.15) is 0 Å². The van der Waals surface area contributed by atoms with Gasteiger partial charge in [-0.1, -0.05) is 71.8 Å². The number of hydrogen-bond acceptors (Lipinski definition) is 2. The monoisotopic (exact) mass is 336 g/mol. The fourth-order valence-corrected chi connectivity index (χ4v) is 2.60. The molecule has 0 bridgehead atoms. The van der Waals surface area contributed by atoms with E-state index in [9.17, 15) is 4.79 Å². The minimum atomic E-state index is -0.227. The van der Waals surface area contributed by atoms with E-state index in [2.05, 4.69) is 10.3 Å². The maximum absolute atomic E-state index is 12.6. The summed E-state index contributed by atoms with van der Waals surface area (Å²) in [7, 11) is 0. The number of halogens is 1. The van der Waals surface area contributed by atoms with Gasteiger partial charge in [0.25, 0.3) is 5.91 Å². The average molecular weight is 337 g/mol. The highest BCUT2D eigenvalue weighted by Crippen LogP contribution is 2.23. The zero-order valence-corrected chi connectivity index (χ0v) is 14.0. The van der Waals surface area contributed by atoms with Crippen LogP contribution in [0, 0.1) is 6.92 Å². The Labute approximate surface area is 146 Å². The van der Waals surface area contributed by atoms with Crippen molar-refractivity contribution >= 4 is 17.5 Å². The van der Waals surface area contributed by atoms with Gasteiger partial charge >= 0.3 is 0 Å². The second-order valence-electron chi connectivity index (χ2n) is 5.60. The molecule has 24 heavy (non-hydrogen) atoms. The first-order valence-electron chi connectivity index (χ1n) is 7.67. The van der Waals surface area contributed by atoms with Crippen LogP contribution in [0.25, 0.3) is 0 Å². The third kappa shape index (κ3) is 3.81. The molecule has 3 nitrogen and oxygen atoms in total. The van der Waals surface area contributed by atoms with E-state index in [1.165, 1.54) is 11.8 Å². The van der Waals surface area contributed by atoms with Crippen LogP contribution >= 0.6 is 11.6 Å². The molecule has 3 aromatic rings. The Kier molecular flexibility index (Phi) is 4.92. The fraction of sp³-hybridized carbons (Fsp3) is 0.100. The van der Waals surface area contributed by atoms with Crippen molar-refractivity contribution in [3.8, 4) is 0 Å². The highest BCUT2D eigenvalue weighted by molar-refractivity contribution is 6.29. The molecule has 0 radical (unpaired) electrons. The van der Waals surface area contributed by atoms with Crippen molar-refractivity contribution in [2.75, 3.05) is 0 Å². The highest BCUT2D eigenvalue weighted by atomic mass is 35.5. The summed E-state index contributed by atoms with van der Waals surface area (Å²) in [6.45, 7) is 2.04. The van der Waals surface area contributed by atoms with Crippen molar-refractivity contribution in [1.29, 1.82) is 0 Å². The largest absolute Gasteiger partial charge is 0.341 e. The maximum Gasteiger partial charge on any atom is 0.253 e. The van der Waals surface area contributed by atoms with E-state index in [0.717, 1.165) is 11.1 Å². The van der Waals surface area contributed by atoms with Crippen LogP contribution in [0.4, 0.5) is 0 Å². The number of carbonyl (C=O) groups is 1. The Bertz CT molecular complexity index is 815. The molecule has 0 aliphatic rings. The van der Waals surface area contributed by atoms with E-state index in [1.54, 1.807) is 12.1 Å². The molecule has 1 heterocycles. The minimum absolute atomic E-state index is 0.186. The molecule has 2 aromatic carbocycles. The molecule has 1 aromatic heterocycles. The molecule has 0 saturated heterocycles. The van der Waals surface area contributed by atoms with E-state index < -0.39 is 0 Å². The lowest BCUT2D eigenvalue weighted by atomic mass is 9.97. The van der Waals surface area contributed by atoms with Crippen molar-refractivity contribution in [3.63, 3.8) is 0 Å². The van der Waals surface area contributed by atoms with Crippen molar-refractivity contribution in [1.82, 2.24) is 10.3 Å². The van der Waals surface area contributed by atoms with Crippen LogP contribution in [-0.2, 0) is 0 Å². The van der Waals surface area contributed by atoms with Crippen LogP contribution in [0.5, 0.6) is 0 Å². The number of aromatic nitrogens is 1. The van der Waals surface area contributed by atoms with Crippen molar-refractivity contribution in [3.05, 3.63) is 100 Å². The number of amides is 1. The van der Waals surface area contributed by atoms with Gasteiger partial charge in [0, 0.05) is 6.20 Å².